The third-order valence-corrected chi connectivity index (χ3v) is 3.43. The van der Waals surface area contributed by atoms with Crippen molar-refractivity contribution in [2.75, 3.05) is 13.7 Å². The Balaban J connectivity index is 2.16. The third-order valence-electron chi connectivity index (χ3n) is 3.43. The van der Waals surface area contributed by atoms with Gasteiger partial charge in [0.2, 0.25) is 0 Å². The molecular formula is C15H23NO2. The van der Waals surface area contributed by atoms with E-state index >= 15 is 0 Å². The first-order valence-electron chi connectivity index (χ1n) is 6.88. The second-order valence-electron chi connectivity index (χ2n) is 4.75. The van der Waals surface area contributed by atoms with E-state index in [0.717, 1.165) is 24.6 Å². The summed E-state index contributed by atoms with van der Waals surface area (Å²) in [5, 5.41) is 3.35. The number of methoxy groups -OCH3 is 1. The van der Waals surface area contributed by atoms with Gasteiger partial charge in [-0.3, -0.25) is 0 Å². The van der Waals surface area contributed by atoms with Crippen LogP contribution < -0.4 is 14.8 Å². The lowest BCUT2D eigenvalue weighted by molar-refractivity contribution is 0.198. The van der Waals surface area contributed by atoms with Crippen molar-refractivity contribution in [1.29, 1.82) is 0 Å². The minimum atomic E-state index is 0.363. The summed E-state index contributed by atoms with van der Waals surface area (Å²) in [4.78, 5) is 0. The Bertz CT molecular complexity index is 373. The van der Waals surface area contributed by atoms with Gasteiger partial charge in [0.15, 0.2) is 11.5 Å². The molecule has 100 valence electrons. The Morgan fingerprint density at radius 1 is 1.28 bits per heavy atom. The molecule has 0 amide bonds. The average Bonchev–Trinajstić information content (AvgIpc) is 2.90. The molecule has 0 unspecified atom stereocenters. The van der Waals surface area contributed by atoms with Crippen LogP contribution >= 0.6 is 0 Å². The predicted molar refractivity (Wildman–Crippen MR) is 73.3 cm³/mol. The summed E-state index contributed by atoms with van der Waals surface area (Å²) in [6.07, 6.45) is 5.25. The highest BCUT2D eigenvalue weighted by atomic mass is 16.5. The number of rotatable bonds is 6. The molecular weight excluding hydrogens is 226 g/mol. The van der Waals surface area contributed by atoms with E-state index < -0.39 is 0 Å². The van der Waals surface area contributed by atoms with Crippen molar-refractivity contribution in [3.05, 3.63) is 23.8 Å². The van der Waals surface area contributed by atoms with Crippen molar-refractivity contribution in [1.82, 2.24) is 5.32 Å². The number of benzene rings is 1. The molecule has 1 aliphatic rings. The number of hydrogen-bond acceptors (Lipinski definition) is 3. The second kappa shape index (κ2) is 6.64. The van der Waals surface area contributed by atoms with Crippen LogP contribution in [0, 0.1) is 0 Å². The van der Waals surface area contributed by atoms with Gasteiger partial charge >= 0.3 is 0 Å². The zero-order chi connectivity index (χ0) is 12.8. The monoisotopic (exact) mass is 249 g/mol. The van der Waals surface area contributed by atoms with Crippen LogP contribution in [0.25, 0.3) is 0 Å². The predicted octanol–water partition coefficient (Wildman–Crippen LogP) is 3.13. The topological polar surface area (TPSA) is 30.5 Å². The molecule has 2 rings (SSSR count). The summed E-state index contributed by atoms with van der Waals surface area (Å²) in [6.45, 7) is 3.90. The van der Waals surface area contributed by atoms with Crippen LogP contribution in [0.15, 0.2) is 18.2 Å². The molecule has 0 aromatic heterocycles. The lowest BCUT2D eigenvalue weighted by Crippen LogP contribution is -2.16. The standard InChI is InChI=1S/C15H23NO2/c1-3-16-11-12-7-6-10-14(17-2)15(12)18-13-8-4-5-9-13/h6-7,10,13,16H,3-5,8-9,11H2,1-2H3. The number of para-hydroxylation sites is 1. The molecule has 1 aliphatic carbocycles. The molecule has 0 heterocycles. The molecule has 1 N–H and O–H groups in total. The van der Waals surface area contributed by atoms with Crippen LogP contribution in [-0.4, -0.2) is 19.8 Å². The summed E-state index contributed by atoms with van der Waals surface area (Å²) in [5.74, 6) is 1.77. The van der Waals surface area contributed by atoms with Crippen LogP contribution in [0.5, 0.6) is 11.5 Å². The van der Waals surface area contributed by atoms with Gasteiger partial charge < -0.3 is 14.8 Å². The fourth-order valence-electron chi connectivity index (χ4n) is 2.43. The van der Waals surface area contributed by atoms with Crippen LogP contribution in [0.2, 0.25) is 0 Å². The molecule has 1 fully saturated rings. The molecule has 0 spiro atoms. The van der Waals surface area contributed by atoms with Gasteiger partial charge in [0.1, 0.15) is 0 Å². The highest BCUT2D eigenvalue weighted by Gasteiger charge is 2.20. The first-order valence-corrected chi connectivity index (χ1v) is 6.88. The maximum Gasteiger partial charge on any atom is 0.166 e. The normalized spacial score (nSPS) is 15.9. The lowest BCUT2D eigenvalue weighted by Gasteiger charge is -2.19. The van der Waals surface area contributed by atoms with Gasteiger partial charge in [-0.2, -0.15) is 0 Å². The van der Waals surface area contributed by atoms with Gasteiger partial charge in [0, 0.05) is 12.1 Å². The van der Waals surface area contributed by atoms with Crippen LogP contribution in [-0.2, 0) is 6.54 Å². The zero-order valence-corrected chi connectivity index (χ0v) is 11.4. The summed E-state index contributed by atoms with van der Waals surface area (Å²) >= 11 is 0. The van der Waals surface area contributed by atoms with Crippen molar-refractivity contribution >= 4 is 0 Å². The maximum atomic E-state index is 6.16. The molecule has 18 heavy (non-hydrogen) atoms. The minimum Gasteiger partial charge on any atom is -0.493 e. The Labute approximate surface area is 109 Å². The van der Waals surface area contributed by atoms with E-state index in [1.165, 1.54) is 31.2 Å². The number of hydrogen-bond donors (Lipinski definition) is 1. The Morgan fingerprint density at radius 3 is 2.72 bits per heavy atom. The second-order valence-corrected chi connectivity index (χ2v) is 4.75. The molecule has 3 heteroatoms. The fraction of sp³-hybridized carbons (Fsp3) is 0.600. The molecule has 0 radical (unpaired) electrons. The van der Waals surface area contributed by atoms with Gasteiger partial charge in [0.25, 0.3) is 0 Å². The van der Waals surface area contributed by atoms with E-state index in [4.69, 9.17) is 9.47 Å². The molecule has 3 nitrogen and oxygen atoms in total. The van der Waals surface area contributed by atoms with E-state index in [0.29, 0.717) is 6.10 Å². The zero-order valence-electron chi connectivity index (χ0n) is 11.4. The molecule has 0 atom stereocenters. The molecule has 0 saturated heterocycles. The Morgan fingerprint density at radius 2 is 2.06 bits per heavy atom. The van der Waals surface area contributed by atoms with Crippen molar-refractivity contribution in [2.45, 2.75) is 45.3 Å². The molecule has 1 aromatic rings. The summed E-state index contributed by atoms with van der Waals surface area (Å²) in [6, 6.07) is 6.10. The molecule has 1 aromatic carbocycles. The Kier molecular flexibility index (Phi) is 4.88. The summed E-state index contributed by atoms with van der Waals surface area (Å²) in [5.41, 5.74) is 1.18. The van der Waals surface area contributed by atoms with E-state index in [2.05, 4.69) is 18.3 Å². The van der Waals surface area contributed by atoms with E-state index in [9.17, 15) is 0 Å². The van der Waals surface area contributed by atoms with Crippen molar-refractivity contribution in [3.63, 3.8) is 0 Å². The third kappa shape index (κ3) is 3.16. The van der Waals surface area contributed by atoms with E-state index in [-0.39, 0.29) is 0 Å². The molecule has 0 bridgehead atoms. The van der Waals surface area contributed by atoms with Gasteiger partial charge in [-0.1, -0.05) is 19.1 Å². The fourth-order valence-corrected chi connectivity index (χ4v) is 2.43. The minimum absolute atomic E-state index is 0.363. The molecule has 0 aliphatic heterocycles. The summed E-state index contributed by atoms with van der Waals surface area (Å²) in [7, 11) is 1.70. The maximum absolute atomic E-state index is 6.16. The SMILES string of the molecule is CCNCc1cccc(OC)c1OC1CCCC1. The molecule has 1 saturated carbocycles. The van der Waals surface area contributed by atoms with Crippen molar-refractivity contribution in [3.8, 4) is 11.5 Å². The van der Waals surface area contributed by atoms with E-state index in [1.807, 2.05) is 12.1 Å². The number of nitrogens with one attached hydrogen (secondary N) is 1. The first-order chi connectivity index (χ1) is 8.85. The van der Waals surface area contributed by atoms with Gasteiger partial charge in [0.05, 0.1) is 13.2 Å². The van der Waals surface area contributed by atoms with Crippen LogP contribution in [0.1, 0.15) is 38.2 Å². The van der Waals surface area contributed by atoms with Crippen molar-refractivity contribution in [2.24, 2.45) is 0 Å². The van der Waals surface area contributed by atoms with Crippen LogP contribution in [0.4, 0.5) is 0 Å². The Hall–Kier alpha value is -1.22. The van der Waals surface area contributed by atoms with E-state index in [1.54, 1.807) is 7.11 Å². The lowest BCUT2D eigenvalue weighted by atomic mass is 10.1. The highest BCUT2D eigenvalue weighted by molar-refractivity contribution is 5.46. The van der Waals surface area contributed by atoms with Crippen LogP contribution in [0.3, 0.4) is 0 Å². The average molecular weight is 249 g/mol. The van der Waals surface area contributed by atoms with Gasteiger partial charge in [-0.25, -0.2) is 0 Å². The van der Waals surface area contributed by atoms with Gasteiger partial charge in [-0.05, 0) is 38.3 Å². The summed E-state index contributed by atoms with van der Waals surface area (Å²) < 4.78 is 11.6. The quantitative estimate of drug-likeness (QED) is 0.840. The number of ether oxygens (including phenoxy) is 2. The first kappa shape index (κ1) is 13.2. The van der Waals surface area contributed by atoms with Crippen molar-refractivity contribution < 1.29 is 9.47 Å². The highest BCUT2D eigenvalue weighted by Crippen LogP contribution is 2.34. The smallest absolute Gasteiger partial charge is 0.166 e. The van der Waals surface area contributed by atoms with Gasteiger partial charge in [-0.15, -0.1) is 0 Å². The largest absolute Gasteiger partial charge is 0.493 e.